The van der Waals surface area contributed by atoms with Crippen LogP contribution >= 0.6 is 27.3 Å². The summed E-state index contributed by atoms with van der Waals surface area (Å²) in [7, 11) is 0. The number of hydrogen-bond donors (Lipinski definition) is 1. The molecule has 2 heterocycles. The van der Waals surface area contributed by atoms with Crippen LogP contribution < -0.4 is 5.73 Å². The number of nitrogens with zero attached hydrogens (tertiary/aromatic N) is 1. The van der Waals surface area contributed by atoms with E-state index in [2.05, 4.69) is 22.0 Å². The fourth-order valence-corrected chi connectivity index (χ4v) is 2.95. The number of rotatable bonds is 2. The van der Waals surface area contributed by atoms with E-state index in [4.69, 9.17) is 15.7 Å². The third-order valence-electron chi connectivity index (χ3n) is 2.44. The van der Waals surface area contributed by atoms with E-state index in [1.165, 1.54) is 0 Å². The lowest BCUT2D eigenvalue weighted by Gasteiger charge is -2.39. The maximum atomic E-state index is 9.06. The molecule has 5 heteroatoms. The van der Waals surface area contributed by atoms with Gasteiger partial charge in [0.1, 0.15) is 5.41 Å². The number of thiophene rings is 1. The molecule has 1 saturated heterocycles. The predicted molar refractivity (Wildman–Crippen MR) is 57.8 cm³/mol. The fraction of sp³-hybridized carbons (Fsp3) is 0.444. The van der Waals surface area contributed by atoms with E-state index in [1.807, 2.05) is 12.1 Å². The summed E-state index contributed by atoms with van der Waals surface area (Å²) in [5.74, 6) is 0. The number of ether oxygens (including phenoxy) is 1. The molecule has 2 rings (SSSR count). The highest BCUT2D eigenvalue weighted by Crippen LogP contribution is 2.41. The molecule has 0 bridgehead atoms. The number of halogens is 1. The average molecular weight is 273 g/mol. The Morgan fingerprint density at radius 1 is 1.64 bits per heavy atom. The van der Waals surface area contributed by atoms with E-state index in [9.17, 15) is 0 Å². The fourth-order valence-electron chi connectivity index (χ4n) is 1.40. The number of hydrogen-bond acceptors (Lipinski definition) is 4. The molecule has 0 spiro atoms. The van der Waals surface area contributed by atoms with Crippen LogP contribution in [0.2, 0.25) is 0 Å². The lowest BCUT2D eigenvalue weighted by Crippen LogP contribution is -2.49. The van der Waals surface area contributed by atoms with Crippen LogP contribution in [0.1, 0.15) is 10.9 Å². The first-order valence-electron chi connectivity index (χ1n) is 4.18. The Balaban J connectivity index is 2.23. The maximum absolute atomic E-state index is 9.06. The van der Waals surface area contributed by atoms with Gasteiger partial charge < -0.3 is 10.5 Å². The second-order valence-electron chi connectivity index (χ2n) is 3.38. The van der Waals surface area contributed by atoms with Crippen LogP contribution in [0.3, 0.4) is 0 Å². The standard InChI is InChI=1S/C9H9BrN2OS/c10-7-2-1-6(14-7)8(12)9(3-11)4-13-5-9/h1-2,8H,4-5,12H2. The third kappa shape index (κ3) is 1.48. The Morgan fingerprint density at radius 2 is 2.36 bits per heavy atom. The topological polar surface area (TPSA) is 59.0 Å². The smallest absolute Gasteiger partial charge is 0.124 e. The summed E-state index contributed by atoms with van der Waals surface area (Å²) in [6.45, 7) is 0.889. The predicted octanol–water partition coefficient (Wildman–Crippen LogP) is 2.05. The van der Waals surface area contributed by atoms with Crippen molar-refractivity contribution in [2.45, 2.75) is 6.04 Å². The molecular weight excluding hydrogens is 264 g/mol. The van der Waals surface area contributed by atoms with Gasteiger partial charge in [0.05, 0.1) is 29.1 Å². The highest BCUT2D eigenvalue weighted by molar-refractivity contribution is 9.11. The molecule has 1 aliphatic rings. The van der Waals surface area contributed by atoms with Crippen LogP contribution in [-0.4, -0.2) is 13.2 Å². The van der Waals surface area contributed by atoms with Crippen molar-refractivity contribution in [3.63, 3.8) is 0 Å². The largest absolute Gasteiger partial charge is 0.378 e. The molecule has 3 nitrogen and oxygen atoms in total. The highest BCUT2D eigenvalue weighted by Gasteiger charge is 2.45. The van der Waals surface area contributed by atoms with Gasteiger partial charge in [0.25, 0.3) is 0 Å². The zero-order valence-electron chi connectivity index (χ0n) is 7.37. The molecule has 1 aromatic rings. The monoisotopic (exact) mass is 272 g/mol. The van der Waals surface area contributed by atoms with Gasteiger partial charge in [-0.25, -0.2) is 0 Å². The van der Waals surface area contributed by atoms with Crippen molar-refractivity contribution >= 4 is 27.3 Å². The Hall–Kier alpha value is -0.410. The van der Waals surface area contributed by atoms with E-state index in [-0.39, 0.29) is 6.04 Å². The second kappa shape index (κ2) is 3.63. The molecule has 1 unspecified atom stereocenters. The molecule has 1 aliphatic heterocycles. The normalized spacial score (nSPS) is 20.9. The quantitative estimate of drug-likeness (QED) is 0.897. The van der Waals surface area contributed by atoms with Gasteiger partial charge in [-0.15, -0.1) is 11.3 Å². The van der Waals surface area contributed by atoms with Crippen molar-refractivity contribution in [3.05, 3.63) is 20.8 Å². The number of nitriles is 1. The molecule has 1 atom stereocenters. The van der Waals surface area contributed by atoms with Crippen LogP contribution in [0.25, 0.3) is 0 Å². The van der Waals surface area contributed by atoms with Crippen LogP contribution in [0.5, 0.6) is 0 Å². The van der Waals surface area contributed by atoms with Crippen LogP contribution in [0.4, 0.5) is 0 Å². The maximum Gasteiger partial charge on any atom is 0.124 e. The van der Waals surface area contributed by atoms with E-state index in [0.717, 1.165) is 8.66 Å². The summed E-state index contributed by atoms with van der Waals surface area (Å²) < 4.78 is 6.11. The first-order chi connectivity index (χ1) is 6.68. The van der Waals surface area contributed by atoms with Crippen LogP contribution in [-0.2, 0) is 4.74 Å². The van der Waals surface area contributed by atoms with Crippen molar-refractivity contribution in [3.8, 4) is 6.07 Å². The molecule has 2 N–H and O–H groups in total. The molecule has 1 aromatic heterocycles. The molecule has 1 fully saturated rings. The van der Waals surface area contributed by atoms with Gasteiger partial charge in [0.15, 0.2) is 0 Å². The molecule has 0 amide bonds. The van der Waals surface area contributed by atoms with Crippen molar-refractivity contribution in [1.29, 1.82) is 5.26 Å². The second-order valence-corrected chi connectivity index (χ2v) is 5.87. The van der Waals surface area contributed by atoms with Crippen LogP contribution in [0, 0.1) is 16.7 Å². The van der Waals surface area contributed by atoms with Crippen LogP contribution in [0.15, 0.2) is 15.9 Å². The van der Waals surface area contributed by atoms with E-state index < -0.39 is 5.41 Å². The highest BCUT2D eigenvalue weighted by atomic mass is 79.9. The Labute approximate surface area is 94.6 Å². The van der Waals surface area contributed by atoms with E-state index in [1.54, 1.807) is 11.3 Å². The van der Waals surface area contributed by atoms with Gasteiger partial charge in [-0.05, 0) is 28.1 Å². The summed E-state index contributed by atoms with van der Waals surface area (Å²) in [4.78, 5) is 1.03. The lowest BCUT2D eigenvalue weighted by atomic mass is 9.79. The van der Waals surface area contributed by atoms with Gasteiger partial charge in [-0.2, -0.15) is 5.26 Å². The van der Waals surface area contributed by atoms with Gasteiger partial charge in [-0.1, -0.05) is 0 Å². The molecule has 14 heavy (non-hydrogen) atoms. The molecule has 0 aliphatic carbocycles. The minimum absolute atomic E-state index is 0.238. The van der Waals surface area contributed by atoms with E-state index >= 15 is 0 Å². The summed E-state index contributed by atoms with van der Waals surface area (Å²) in [5.41, 5.74) is 5.54. The minimum atomic E-state index is -0.510. The van der Waals surface area contributed by atoms with Gasteiger partial charge in [-0.3, -0.25) is 0 Å². The Kier molecular flexibility index (Phi) is 2.62. The zero-order chi connectivity index (χ0) is 10.2. The Bertz CT molecular complexity index is 380. The molecule has 0 radical (unpaired) electrons. The van der Waals surface area contributed by atoms with Crippen molar-refractivity contribution < 1.29 is 4.74 Å². The van der Waals surface area contributed by atoms with Crippen molar-refractivity contribution in [2.24, 2.45) is 11.1 Å². The van der Waals surface area contributed by atoms with Crippen molar-refractivity contribution in [1.82, 2.24) is 0 Å². The Morgan fingerprint density at radius 3 is 2.71 bits per heavy atom. The van der Waals surface area contributed by atoms with Gasteiger partial charge >= 0.3 is 0 Å². The lowest BCUT2D eigenvalue weighted by molar-refractivity contribution is -0.0905. The van der Waals surface area contributed by atoms with Gasteiger partial charge in [0.2, 0.25) is 0 Å². The average Bonchev–Trinajstić information content (AvgIpc) is 2.50. The SMILES string of the molecule is N#CC1(C(N)c2ccc(Br)s2)COC1. The molecule has 0 aromatic carbocycles. The molecule has 74 valence electrons. The first kappa shape index (κ1) is 10.1. The molecular formula is C9H9BrN2OS. The summed E-state index contributed by atoms with van der Waals surface area (Å²) in [6, 6.07) is 5.93. The van der Waals surface area contributed by atoms with Crippen molar-refractivity contribution in [2.75, 3.05) is 13.2 Å². The van der Waals surface area contributed by atoms with E-state index in [0.29, 0.717) is 13.2 Å². The first-order valence-corrected chi connectivity index (χ1v) is 5.79. The third-order valence-corrected chi connectivity index (χ3v) is 4.14. The summed E-state index contributed by atoms with van der Waals surface area (Å²) in [6.07, 6.45) is 0. The molecule has 0 saturated carbocycles. The minimum Gasteiger partial charge on any atom is -0.378 e. The zero-order valence-corrected chi connectivity index (χ0v) is 9.77. The van der Waals surface area contributed by atoms with Gasteiger partial charge in [0, 0.05) is 4.88 Å². The summed E-state index contributed by atoms with van der Waals surface area (Å²) in [5, 5.41) is 9.06. The number of nitrogens with two attached hydrogens (primary N) is 1. The summed E-state index contributed by atoms with van der Waals surface area (Å²) >= 11 is 4.95.